The first-order chi connectivity index (χ1) is 12.7. The van der Waals surface area contributed by atoms with Crippen LogP contribution in [0.3, 0.4) is 0 Å². The number of unbranched alkanes of at least 4 members (excludes halogenated alkanes) is 5. The third-order valence-electron chi connectivity index (χ3n) is 3.93. The van der Waals surface area contributed by atoms with Crippen LogP contribution in [0.25, 0.3) is 0 Å². The molecule has 1 N–H and O–H groups in total. The lowest BCUT2D eigenvalue weighted by Crippen LogP contribution is -2.43. The van der Waals surface area contributed by atoms with Gasteiger partial charge < -0.3 is 14.8 Å². The van der Waals surface area contributed by atoms with Crippen LogP contribution in [0.1, 0.15) is 51.0 Å². The van der Waals surface area contributed by atoms with Crippen LogP contribution in [0.2, 0.25) is 0 Å². The molecule has 0 saturated carbocycles. The quantitative estimate of drug-likeness (QED) is 0.321. The van der Waals surface area contributed by atoms with E-state index in [1.807, 2.05) is 30.3 Å². The molecular weight excluding hydrogens is 330 g/mol. The van der Waals surface area contributed by atoms with Crippen molar-refractivity contribution < 1.29 is 19.1 Å². The predicted octanol–water partition coefficient (Wildman–Crippen LogP) is 4.41. The highest BCUT2D eigenvalue weighted by Crippen LogP contribution is 2.08. The van der Waals surface area contributed by atoms with Crippen LogP contribution < -0.4 is 5.32 Å². The Morgan fingerprint density at radius 1 is 1.08 bits per heavy atom. The molecule has 144 valence electrons. The molecule has 1 aromatic carbocycles. The number of hydrogen-bond acceptors (Lipinski definition) is 4. The maximum absolute atomic E-state index is 12.4. The van der Waals surface area contributed by atoms with Crippen LogP contribution in [-0.2, 0) is 20.7 Å². The minimum atomic E-state index is -0.769. The van der Waals surface area contributed by atoms with Gasteiger partial charge in [-0.2, -0.15) is 0 Å². The molecule has 1 aromatic rings. The van der Waals surface area contributed by atoms with E-state index in [1.54, 1.807) is 0 Å². The summed E-state index contributed by atoms with van der Waals surface area (Å²) < 4.78 is 10.3. The van der Waals surface area contributed by atoms with Gasteiger partial charge in [0, 0.05) is 6.42 Å². The van der Waals surface area contributed by atoms with E-state index in [-0.39, 0.29) is 6.61 Å². The van der Waals surface area contributed by atoms with Gasteiger partial charge in [-0.3, -0.25) is 0 Å². The molecule has 0 bridgehead atoms. The third-order valence-corrected chi connectivity index (χ3v) is 3.93. The van der Waals surface area contributed by atoms with E-state index in [1.165, 1.54) is 25.3 Å². The van der Waals surface area contributed by atoms with Crippen molar-refractivity contribution in [1.82, 2.24) is 5.32 Å². The first kappa shape index (κ1) is 21.7. The van der Waals surface area contributed by atoms with Gasteiger partial charge in [0.05, 0.1) is 6.61 Å². The smallest absolute Gasteiger partial charge is 0.408 e. The SMILES string of the molecule is C=CCOC(=O)NC(Cc1ccccc1)C(=O)OCCCCCCCC. The van der Waals surface area contributed by atoms with E-state index in [0.717, 1.165) is 24.8 Å². The second kappa shape index (κ2) is 13.9. The number of hydrogen-bond donors (Lipinski definition) is 1. The van der Waals surface area contributed by atoms with Crippen molar-refractivity contribution in [1.29, 1.82) is 0 Å². The van der Waals surface area contributed by atoms with Gasteiger partial charge in [-0.25, -0.2) is 9.59 Å². The molecule has 0 heterocycles. The average molecular weight is 361 g/mol. The summed E-state index contributed by atoms with van der Waals surface area (Å²) in [4.78, 5) is 24.2. The summed E-state index contributed by atoms with van der Waals surface area (Å²) in [7, 11) is 0. The Balaban J connectivity index is 2.47. The third kappa shape index (κ3) is 9.87. The van der Waals surface area contributed by atoms with Crippen LogP contribution in [0.5, 0.6) is 0 Å². The van der Waals surface area contributed by atoms with Gasteiger partial charge >= 0.3 is 12.1 Å². The number of amides is 1. The molecular formula is C21H31NO4. The van der Waals surface area contributed by atoms with E-state index in [9.17, 15) is 9.59 Å². The maximum Gasteiger partial charge on any atom is 0.408 e. The molecule has 0 aliphatic rings. The lowest BCUT2D eigenvalue weighted by Gasteiger charge is -2.17. The molecule has 1 unspecified atom stereocenters. The fourth-order valence-corrected chi connectivity index (χ4v) is 2.52. The first-order valence-electron chi connectivity index (χ1n) is 9.42. The molecule has 0 aliphatic carbocycles. The standard InChI is InChI=1S/C21H31NO4/c1-3-5-6-7-8-12-16-25-20(23)19(22-21(24)26-15-4-2)17-18-13-10-9-11-14-18/h4,9-11,13-14,19H,2-3,5-8,12,15-17H2,1H3,(H,22,24). The lowest BCUT2D eigenvalue weighted by molar-refractivity contribution is -0.146. The number of carbonyl (C=O) groups is 2. The number of alkyl carbamates (subject to hydrolysis) is 1. The summed E-state index contributed by atoms with van der Waals surface area (Å²) in [6, 6.07) is 8.74. The van der Waals surface area contributed by atoms with Gasteiger partial charge in [-0.05, 0) is 12.0 Å². The topological polar surface area (TPSA) is 64.6 Å². The van der Waals surface area contributed by atoms with Crippen LogP contribution in [-0.4, -0.2) is 31.3 Å². The van der Waals surface area contributed by atoms with Crippen molar-refractivity contribution in [2.45, 2.75) is 57.9 Å². The zero-order valence-electron chi connectivity index (χ0n) is 15.7. The number of nitrogens with one attached hydrogen (secondary N) is 1. The minimum absolute atomic E-state index is 0.0939. The van der Waals surface area contributed by atoms with E-state index in [0.29, 0.717) is 13.0 Å². The highest BCUT2D eigenvalue weighted by Gasteiger charge is 2.23. The maximum atomic E-state index is 12.4. The monoisotopic (exact) mass is 361 g/mol. The minimum Gasteiger partial charge on any atom is -0.464 e. The van der Waals surface area contributed by atoms with Crippen LogP contribution in [0, 0.1) is 0 Å². The van der Waals surface area contributed by atoms with Gasteiger partial charge in [0.25, 0.3) is 0 Å². The van der Waals surface area contributed by atoms with E-state index in [4.69, 9.17) is 9.47 Å². The second-order valence-electron chi connectivity index (χ2n) is 6.21. The second-order valence-corrected chi connectivity index (χ2v) is 6.21. The highest BCUT2D eigenvalue weighted by molar-refractivity contribution is 5.81. The Morgan fingerprint density at radius 2 is 1.77 bits per heavy atom. The van der Waals surface area contributed by atoms with Gasteiger partial charge in [0.15, 0.2) is 0 Å². The molecule has 0 saturated heterocycles. The van der Waals surface area contributed by atoms with Gasteiger partial charge in [0.1, 0.15) is 12.6 Å². The number of benzene rings is 1. The Morgan fingerprint density at radius 3 is 2.46 bits per heavy atom. The Labute approximate surface area is 156 Å². The number of esters is 1. The van der Waals surface area contributed by atoms with E-state index < -0.39 is 18.1 Å². The molecule has 1 atom stereocenters. The molecule has 1 rings (SSSR count). The predicted molar refractivity (Wildman–Crippen MR) is 103 cm³/mol. The van der Waals surface area contributed by atoms with Crippen molar-refractivity contribution in [3.05, 3.63) is 48.6 Å². The van der Waals surface area contributed by atoms with Crippen molar-refractivity contribution in [3.8, 4) is 0 Å². The molecule has 1 amide bonds. The zero-order valence-corrected chi connectivity index (χ0v) is 15.7. The molecule has 0 radical (unpaired) electrons. The molecule has 0 aromatic heterocycles. The first-order valence-corrected chi connectivity index (χ1v) is 9.42. The summed E-state index contributed by atoms with van der Waals surface area (Å²) in [6.45, 7) is 6.15. The summed E-state index contributed by atoms with van der Waals surface area (Å²) in [5.41, 5.74) is 0.943. The molecule has 5 nitrogen and oxygen atoms in total. The van der Waals surface area contributed by atoms with Crippen molar-refractivity contribution >= 4 is 12.1 Å². The fourth-order valence-electron chi connectivity index (χ4n) is 2.52. The molecule has 0 fully saturated rings. The number of ether oxygens (including phenoxy) is 2. The molecule has 5 heteroatoms. The summed E-state index contributed by atoms with van der Waals surface area (Å²) in [6.07, 6.45) is 7.91. The Bertz CT molecular complexity index is 530. The summed E-state index contributed by atoms with van der Waals surface area (Å²) in [5, 5.41) is 2.59. The summed E-state index contributed by atoms with van der Waals surface area (Å²) in [5.74, 6) is -0.432. The van der Waals surface area contributed by atoms with E-state index >= 15 is 0 Å². The van der Waals surface area contributed by atoms with Gasteiger partial charge in [-0.1, -0.05) is 82.0 Å². The molecule has 0 spiro atoms. The Kier molecular flexibility index (Phi) is 11.6. The molecule has 26 heavy (non-hydrogen) atoms. The largest absolute Gasteiger partial charge is 0.464 e. The number of rotatable bonds is 13. The zero-order chi connectivity index (χ0) is 19.0. The fraction of sp³-hybridized carbons (Fsp3) is 0.524. The van der Waals surface area contributed by atoms with Gasteiger partial charge in [0.2, 0.25) is 0 Å². The van der Waals surface area contributed by atoms with Crippen LogP contribution in [0.4, 0.5) is 4.79 Å². The van der Waals surface area contributed by atoms with Crippen LogP contribution in [0.15, 0.2) is 43.0 Å². The van der Waals surface area contributed by atoms with Crippen LogP contribution >= 0.6 is 0 Å². The van der Waals surface area contributed by atoms with Gasteiger partial charge in [-0.15, -0.1) is 0 Å². The van der Waals surface area contributed by atoms with Crippen molar-refractivity contribution in [2.24, 2.45) is 0 Å². The normalized spacial score (nSPS) is 11.4. The number of carbonyl (C=O) groups excluding carboxylic acids is 2. The van der Waals surface area contributed by atoms with E-state index in [2.05, 4.69) is 18.8 Å². The van der Waals surface area contributed by atoms with Crippen molar-refractivity contribution in [2.75, 3.05) is 13.2 Å². The molecule has 0 aliphatic heterocycles. The summed E-state index contributed by atoms with van der Waals surface area (Å²) >= 11 is 0. The average Bonchev–Trinajstić information content (AvgIpc) is 2.65. The highest BCUT2D eigenvalue weighted by atomic mass is 16.6. The Hall–Kier alpha value is -2.30. The lowest BCUT2D eigenvalue weighted by atomic mass is 10.1. The van der Waals surface area contributed by atoms with Crippen molar-refractivity contribution in [3.63, 3.8) is 0 Å².